The molecule has 0 spiro atoms. The molecule has 2 nitrogen and oxygen atoms in total. The lowest BCUT2D eigenvalue weighted by Gasteiger charge is -2.31. The second kappa shape index (κ2) is 6.35. The Kier molecular flexibility index (Phi) is 5.36. The van der Waals surface area contributed by atoms with Gasteiger partial charge >= 0.3 is 0 Å². The van der Waals surface area contributed by atoms with E-state index in [0.717, 1.165) is 19.3 Å². The predicted octanol–water partition coefficient (Wildman–Crippen LogP) is 3.58. The minimum absolute atomic E-state index is 0.167. The van der Waals surface area contributed by atoms with Gasteiger partial charge in [0.05, 0.1) is 11.2 Å². The minimum Gasteiger partial charge on any atom is -0.390 e. The zero-order valence-electron chi connectivity index (χ0n) is 12.1. The SMILES string of the molecule is CCC(O)(CCC(C)(C)OC)Cc1ccccc1. The molecule has 1 aromatic carbocycles. The van der Waals surface area contributed by atoms with Crippen molar-refractivity contribution in [2.24, 2.45) is 0 Å². The molecule has 0 aromatic heterocycles. The average molecular weight is 250 g/mol. The highest BCUT2D eigenvalue weighted by Crippen LogP contribution is 2.27. The lowest BCUT2D eigenvalue weighted by molar-refractivity contribution is -0.0277. The number of ether oxygens (including phenoxy) is 1. The molecule has 102 valence electrons. The third-order valence-corrected chi connectivity index (χ3v) is 3.78. The fraction of sp³-hybridized carbons (Fsp3) is 0.625. The molecule has 18 heavy (non-hydrogen) atoms. The number of rotatable bonds is 7. The van der Waals surface area contributed by atoms with Crippen molar-refractivity contribution in [1.29, 1.82) is 0 Å². The maximum absolute atomic E-state index is 10.7. The van der Waals surface area contributed by atoms with Crippen LogP contribution in [0.15, 0.2) is 30.3 Å². The van der Waals surface area contributed by atoms with Crippen LogP contribution in [0.2, 0.25) is 0 Å². The smallest absolute Gasteiger partial charge is 0.0686 e. The molecule has 0 saturated carbocycles. The highest BCUT2D eigenvalue weighted by atomic mass is 16.5. The summed E-state index contributed by atoms with van der Waals surface area (Å²) in [5.74, 6) is 0. The zero-order valence-corrected chi connectivity index (χ0v) is 12.1. The van der Waals surface area contributed by atoms with Crippen molar-refractivity contribution in [2.45, 2.75) is 57.7 Å². The van der Waals surface area contributed by atoms with Crippen LogP contribution in [0, 0.1) is 0 Å². The number of hydrogen-bond acceptors (Lipinski definition) is 2. The number of hydrogen-bond donors (Lipinski definition) is 1. The molecule has 0 aliphatic carbocycles. The van der Waals surface area contributed by atoms with Gasteiger partial charge in [0.1, 0.15) is 0 Å². The van der Waals surface area contributed by atoms with E-state index in [0.29, 0.717) is 6.42 Å². The molecule has 0 heterocycles. The number of aliphatic hydroxyl groups is 1. The molecule has 1 N–H and O–H groups in total. The third-order valence-electron chi connectivity index (χ3n) is 3.78. The van der Waals surface area contributed by atoms with Crippen molar-refractivity contribution in [2.75, 3.05) is 7.11 Å². The van der Waals surface area contributed by atoms with E-state index in [4.69, 9.17) is 4.74 Å². The predicted molar refractivity (Wildman–Crippen MR) is 75.7 cm³/mol. The lowest BCUT2D eigenvalue weighted by atomic mass is 9.84. The first-order valence-corrected chi connectivity index (χ1v) is 6.72. The van der Waals surface area contributed by atoms with Gasteiger partial charge in [-0.3, -0.25) is 0 Å². The Balaban J connectivity index is 2.63. The Morgan fingerprint density at radius 1 is 1.11 bits per heavy atom. The van der Waals surface area contributed by atoms with Crippen LogP contribution in [-0.2, 0) is 11.2 Å². The first-order chi connectivity index (χ1) is 8.41. The minimum atomic E-state index is -0.628. The first-order valence-electron chi connectivity index (χ1n) is 6.72. The summed E-state index contributed by atoms with van der Waals surface area (Å²) in [5.41, 5.74) is 0.397. The fourth-order valence-corrected chi connectivity index (χ4v) is 2.00. The summed E-state index contributed by atoms with van der Waals surface area (Å²) < 4.78 is 5.42. The Bertz CT molecular complexity index is 345. The van der Waals surface area contributed by atoms with Crippen molar-refractivity contribution < 1.29 is 9.84 Å². The van der Waals surface area contributed by atoms with Gasteiger partial charge in [0.15, 0.2) is 0 Å². The molecular weight excluding hydrogens is 224 g/mol. The molecule has 1 unspecified atom stereocenters. The summed E-state index contributed by atoms with van der Waals surface area (Å²) in [6, 6.07) is 10.2. The van der Waals surface area contributed by atoms with Gasteiger partial charge in [-0.2, -0.15) is 0 Å². The summed E-state index contributed by atoms with van der Waals surface area (Å²) in [5, 5.41) is 10.7. The molecular formula is C16H26O2. The van der Waals surface area contributed by atoms with Crippen LogP contribution in [-0.4, -0.2) is 23.4 Å². The zero-order chi connectivity index (χ0) is 13.6. The van der Waals surface area contributed by atoms with Crippen molar-refractivity contribution in [3.63, 3.8) is 0 Å². The molecule has 0 bridgehead atoms. The van der Waals surface area contributed by atoms with E-state index < -0.39 is 5.60 Å². The lowest BCUT2D eigenvalue weighted by Crippen LogP contribution is -2.34. The molecule has 0 saturated heterocycles. The second-order valence-electron chi connectivity index (χ2n) is 5.70. The molecule has 1 rings (SSSR count). The van der Waals surface area contributed by atoms with Crippen LogP contribution >= 0.6 is 0 Å². The Labute approximate surface area is 111 Å². The van der Waals surface area contributed by atoms with E-state index in [-0.39, 0.29) is 5.60 Å². The van der Waals surface area contributed by atoms with E-state index in [1.54, 1.807) is 7.11 Å². The van der Waals surface area contributed by atoms with Gasteiger partial charge in [0, 0.05) is 13.5 Å². The van der Waals surface area contributed by atoms with E-state index in [9.17, 15) is 5.11 Å². The summed E-state index contributed by atoms with van der Waals surface area (Å²) in [7, 11) is 1.72. The molecule has 1 atom stereocenters. The quantitative estimate of drug-likeness (QED) is 0.801. The summed E-state index contributed by atoms with van der Waals surface area (Å²) in [6.07, 6.45) is 3.10. The first kappa shape index (κ1) is 15.2. The van der Waals surface area contributed by atoms with Crippen molar-refractivity contribution in [1.82, 2.24) is 0 Å². The van der Waals surface area contributed by atoms with Crippen molar-refractivity contribution >= 4 is 0 Å². The fourth-order valence-electron chi connectivity index (χ4n) is 2.00. The van der Waals surface area contributed by atoms with Crippen LogP contribution in [0.1, 0.15) is 45.6 Å². The van der Waals surface area contributed by atoms with Crippen LogP contribution in [0.4, 0.5) is 0 Å². The highest BCUT2D eigenvalue weighted by Gasteiger charge is 2.28. The molecule has 0 radical (unpaired) electrons. The van der Waals surface area contributed by atoms with Crippen LogP contribution in [0.3, 0.4) is 0 Å². The number of methoxy groups -OCH3 is 1. The monoisotopic (exact) mass is 250 g/mol. The number of benzene rings is 1. The molecule has 0 aliphatic heterocycles. The summed E-state index contributed by atoms with van der Waals surface area (Å²) >= 11 is 0. The third kappa shape index (κ3) is 4.79. The largest absolute Gasteiger partial charge is 0.390 e. The van der Waals surface area contributed by atoms with Crippen LogP contribution in [0.5, 0.6) is 0 Å². The van der Waals surface area contributed by atoms with Crippen LogP contribution in [0.25, 0.3) is 0 Å². The van der Waals surface area contributed by atoms with Crippen molar-refractivity contribution in [3.8, 4) is 0 Å². The standard InChI is InChI=1S/C16H26O2/c1-5-16(17,12-11-15(2,3)18-4)13-14-9-7-6-8-10-14/h6-10,17H,5,11-13H2,1-4H3. The van der Waals surface area contributed by atoms with Gasteiger partial charge in [-0.25, -0.2) is 0 Å². The average Bonchev–Trinajstić information content (AvgIpc) is 2.38. The molecule has 0 fully saturated rings. The molecule has 0 aliphatic rings. The summed E-state index contributed by atoms with van der Waals surface area (Å²) in [4.78, 5) is 0. The molecule has 0 amide bonds. The highest BCUT2D eigenvalue weighted by molar-refractivity contribution is 5.17. The normalized spacial score (nSPS) is 15.4. The Morgan fingerprint density at radius 3 is 2.22 bits per heavy atom. The maximum Gasteiger partial charge on any atom is 0.0686 e. The van der Waals surface area contributed by atoms with Gasteiger partial charge in [-0.15, -0.1) is 0 Å². The van der Waals surface area contributed by atoms with E-state index >= 15 is 0 Å². The van der Waals surface area contributed by atoms with Crippen LogP contribution < -0.4 is 0 Å². The Morgan fingerprint density at radius 2 is 1.72 bits per heavy atom. The van der Waals surface area contributed by atoms with E-state index in [1.165, 1.54) is 5.56 Å². The molecule has 1 aromatic rings. The van der Waals surface area contributed by atoms with Crippen molar-refractivity contribution in [3.05, 3.63) is 35.9 Å². The van der Waals surface area contributed by atoms with Gasteiger partial charge < -0.3 is 9.84 Å². The topological polar surface area (TPSA) is 29.5 Å². The maximum atomic E-state index is 10.7. The van der Waals surface area contributed by atoms with Gasteiger partial charge in [-0.05, 0) is 38.7 Å². The van der Waals surface area contributed by atoms with Gasteiger partial charge in [0.25, 0.3) is 0 Å². The van der Waals surface area contributed by atoms with E-state index in [2.05, 4.69) is 26.0 Å². The Hall–Kier alpha value is -0.860. The van der Waals surface area contributed by atoms with E-state index in [1.807, 2.05) is 25.1 Å². The molecule has 2 heteroatoms. The second-order valence-corrected chi connectivity index (χ2v) is 5.70. The van der Waals surface area contributed by atoms with Gasteiger partial charge in [-0.1, -0.05) is 37.3 Å². The van der Waals surface area contributed by atoms with Gasteiger partial charge in [0.2, 0.25) is 0 Å². The summed E-state index contributed by atoms with van der Waals surface area (Å²) in [6.45, 7) is 6.17.